The number of nitrogens with one attached hydrogen (secondary N) is 1. The van der Waals surface area contributed by atoms with Gasteiger partial charge in [0.2, 0.25) is 5.91 Å². The molecule has 9 heteroatoms. The van der Waals surface area contributed by atoms with Gasteiger partial charge in [-0.3, -0.25) is 9.36 Å². The Morgan fingerprint density at radius 1 is 0.500 bits per heavy atom. The van der Waals surface area contributed by atoms with Crippen LogP contribution in [0.15, 0.2) is 36.5 Å². The summed E-state index contributed by atoms with van der Waals surface area (Å²) < 4.78 is 23.3. The molecular weight excluding hydrogens is 888 g/mol. The number of aliphatic hydroxyl groups is 1. The average Bonchev–Trinajstić information content (AvgIpc) is 3.32. The number of unbranched alkanes of at least 4 members (excludes halogenated alkanes) is 39. The number of likely N-dealkylation sites (N-methyl/N-ethyl adjacent to an activating group) is 1. The standard InChI is InChI=1S/C61H119N2O6P/c1-6-8-10-12-14-16-18-20-22-23-24-25-26-27-28-29-30-31-32-33-34-35-36-37-38-39-41-43-45-47-49-51-53-55-61(65)62-59(58-69-70(66,67)68-57-56-63(3,4)5)60(64)54-52-50-48-46-44-42-40-21-19-17-15-13-11-9-7-2/h24-25,27-28,52,54,59-60,64H,6-23,26,29-51,53,55-58H2,1-5H3,(H-,62,65,66,67)/b25-24-,28-27-,54-52+. The van der Waals surface area contributed by atoms with Gasteiger partial charge in [-0.1, -0.05) is 275 Å². The minimum atomic E-state index is -4.59. The molecule has 0 spiro atoms. The van der Waals surface area contributed by atoms with Gasteiger partial charge in [-0.25, -0.2) is 0 Å². The number of quaternary nitrogens is 1. The summed E-state index contributed by atoms with van der Waals surface area (Å²) in [5.74, 6) is -0.194. The SMILES string of the molecule is CCCCCCCCCCC/C=C\C/C=C\CCCCCCCCCCCCCCCCCCCC(=O)NC(COP(=O)([O-])OCC[N+](C)(C)C)C(O)/C=C/CCCCCCCCCCCCCCC. The molecule has 8 nitrogen and oxygen atoms in total. The summed E-state index contributed by atoms with van der Waals surface area (Å²) in [4.78, 5) is 25.5. The Morgan fingerprint density at radius 3 is 1.19 bits per heavy atom. The summed E-state index contributed by atoms with van der Waals surface area (Å²) in [5, 5.41) is 13.9. The molecule has 0 heterocycles. The number of hydrogen-bond donors (Lipinski definition) is 2. The van der Waals surface area contributed by atoms with Crippen molar-refractivity contribution < 1.29 is 32.9 Å². The van der Waals surface area contributed by atoms with E-state index in [2.05, 4.69) is 43.5 Å². The summed E-state index contributed by atoms with van der Waals surface area (Å²) in [5.41, 5.74) is 0. The summed E-state index contributed by atoms with van der Waals surface area (Å²) in [6.07, 6.45) is 68.1. The first-order chi connectivity index (χ1) is 34.0. The zero-order valence-electron chi connectivity index (χ0n) is 47.2. The highest BCUT2D eigenvalue weighted by Crippen LogP contribution is 2.38. The fourth-order valence-electron chi connectivity index (χ4n) is 9.07. The van der Waals surface area contributed by atoms with Crippen LogP contribution in [0.1, 0.15) is 296 Å². The van der Waals surface area contributed by atoms with Crippen LogP contribution in [-0.2, 0) is 18.4 Å². The Hall–Kier alpha value is -1.28. The normalized spacial score (nSPS) is 14.1. The maximum atomic E-state index is 13.0. The molecule has 414 valence electrons. The smallest absolute Gasteiger partial charge is 0.268 e. The lowest BCUT2D eigenvalue weighted by atomic mass is 10.0. The Labute approximate surface area is 436 Å². The highest BCUT2D eigenvalue weighted by Gasteiger charge is 2.23. The van der Waals surface area contributed by atoms with Crippen molar-refractivity contribution in [3.05, 3.63) is 36.5 Å². The molecule has 0 aromatic heterocycles. The summed E-state index contributed by atoms with van der Waals surface area (Å²) in [7, 11) is 1.27. The lowest BCUT2D eigenvalue weighted by molar-refractivity contribution is -0.870. The molecule has 2 N–H and O–H groups in total. The summed E-state index contributed by atoms with van der Waals surface area (Å²) in [6.45, 7) is 4.68. The van der Waals surface area contributed by atoms with Crippen LogP contribution in [0.3, 0.4) is 0 Å². The predicted molar refractivity (Wildman–Crippen MR) is 302 cm³/mol. The average molecular weight is 1010 g/mol. The number of aliphatic hydroxyl groups excluding tert-OH is 1. The number of hydrogen-bond acceptors (Lipinski definition) is 6. The van der Waals surface area contributed by atoms with E-state index in [1.807, 2.05) is 27.2 Å². The van der Waals surface area contributed by atoms with Gasteiger partial charge in [-0.2, -0.15) is 0 Å². The molecule has 0 bridgehead atoms. The number of allylic oxidation sites excluding steroid dienone is 5. The van der Waals surface area contributed by atoms with Crippen LogP contribution in [0.4, 0.5) is 0 Å². The Kier molecular flexibility index (Phi) is 51.6. The molecule has 0 aliphatic rings. The number of carbonyl (C=O) groups excluding carboxylic acids is 1. The second-order valence-corrected chi connectivity index (χ2v) is 23.5. The first-order valence-electron chi connectivity index (χ1n) is 30.4. The summed E-state index contributed by atoms with van der Waals surface area (Å²) >= 11 is 0. The molecular formula is C61H119N2O6P. The third-order valence-electron chi connectivity index (χ3n) is 13.8. The maximum Gasteiger partial charge on any atom is 0.268 e. The van der Waals surface area contributed by atoms with Gasteiger partial charge >= 0.3 is 0 Å². The number of phosphoric ester groups is 1. The molecule has 0 radical (unpaired) electrons. The molecule has 0 aliphatic heterocycles. The Morgan fingerprint density at radius 2 is 0.829 bits per heavy atom. The monoisotopic (exact) mass is 1010 g/mol. The summed E-state index contributed by atoms with van der Waals surface area (Å²) in [6, 6.07) is -0.885. The quantitative estimate of drug-likeness (QED) is 0.0272. The topological polar surface area (TPSA) is 108 Å². The molecule has 0 saturated carbocycles. The second-order valence-electron chi connectivity index (χ2n) is 22.1. The third-order valence-corrected chi connectivity index (χ3v) is 14.8. The highest BCUT2D eigenvalue weighted by atomic mass is 31.2. The highest BCUT2D eigenvalue weighted by molar-refractivity contribution is 7.45. The number of phosphoric acid groups is 1. The van der Waals surface area contributed by atoms with Crippen LogP contribution < -0.4 is 10.2 Å². The van der Waals surface area contributed by atoms with Crippen LogP contribution in [0.5, 0.6) is 0 Å². The lowest BCUT2D eigenvalue weighted by Gasteiger charge is -2.29. The van der Waals surface area contributed by atoms with Crippen molar-refractivity contribution >= 4 is 13.7 Å². The van der Waals surface area contributed by atoms with Crippen molar-refractivity contribution in [2.45, 2.75) is 309 Å². The van der Waals surface area contributed by atoms with Gasteiger partial charge in [0.25, 0.3) is 7.82 Å². The molecule has 0 aromatic carbocycles. The lowest BCUT2D eigenvalue weighted by Crippen LogP contribution is -2.45. The minimum absolute atomic E-state index is 0.000351. The Bertz CT molecular complexity index is 1230. The fourth-order valence-corrected chi connectivity index (χ4v) is 9.79. The van der Waals surface area contributed by atoms with Gasteiger partial charge < -0.3 is 28.8 Å². The van der Waals surface area contributed by atoms with Gasteiger partial charge in [-0.15, -0.1) is 0 Å². The molecule has 0 aromatic rings. The zero-order valence-corrected chi connectivity index (χ0v) is 48.1. The van der Waals surface area contributed by atoms with Crippen LogP contribution in [0, 0.1) is 0 Å². The molecule has 0 saturated heterocycles. The van der Waals surface area contributed by atoms with E-state index in [9.17, 15) is 19.4 Å². The van der Waals surface area contributed by atoms with E-state index in [0.717, 1.165) is 44.9 Å². The number of carbonyl (C=O) groups is 1. The van der Waals surface area contributed by atoms with E-state index in [4.69, 9.17) is 9.05 Å². The van der Waals surface area contributed by atoms with Crippen molar-refractivity contribution in [1.82, 2.24) is 5.32 Å². The van der Waals surface area contributed by atoms with Gasteiger partial charge in [0.15, 0.2) is 0 Å². The van der Waals surface area contributed by atoms with Crippen LogP contribution >= 0.6 is 7.82 Å². The minimum Gasteiger partial charge on any atom is -0.756 e. The molecule has 3 atom stereocenters. The van der Waals surface area contributed by atoms with Crippen molar-refractivity contribution in [1.29, 1.82) is 0 Å². The maximum absolute atomic E-state index is 13.0. The van der Waals surface area contributed by atoms with E-state index in [1.165, 1.54) is 231 Å². The molecule has 1 amide bonds. The van der Waals surface area contributed by atoms with Crippen molar-refractivity contribution in [2.75, 3.05) is 40.9 Å². The van der Waals surface area contributed by atoms with Crippen LogP contribution in [-0.4, -0.2) is 68.5 Å². The van der Waals surface area contributed by atoms with Gasteiger partial charge in [-0.05, 0) is 51.4 Å². The van der Waals surface area contributed by atoms with E-state index in [0.29, 0.717) is 17.4 Å². The van der Waals surface area contributed by atoms with E-state index < -0.39 is 20.0 Å². The number of amides is 1. The van der Waals surface area contributed by atoms with Crippen LogP contribution in [0.25, 0.3) is 0 Å². The Balaban J connectivity index is 4.02. The number of nitrogens with zero attached hydrogens (tertiary/aromatic N) is 1. The zero-order chi connectivity index (χ0) is 51.3. The van der Waals surface area contributed by atoms with Gasteiger partial charge in [0.05, 0.1) is 39.9 Å². The van der Waals surface area contributed by atoms with E-state index in [1.54, 1.807) is 6.08 Å². The molecule has 0 aliphatic carbocycles. The van der Waals surface area contributed by atoms with E-state index in [-0.39, 0.29) is 19.1 Å². The number of rotatable bonds is 56. The molecule has 0 rings (SSSR count). The van der Waals surface area contributed by atoms with Crippen molar-refractivity contribution in [3.63, 3.8) is 0 Å². The van der Waals surface area contributed by atoms with Crippen molar-refractivity contribution in [3.8, 4) is 0 Å². The third kappa shape index (κ3) is 54.5. The molecule has 3 unspecified atom stereocenters. The van der Waals surface area contributed by atoms with Crippen LogP contribution in [0.2, 0.25) is 0 Å². The largest absolute Gasteiger partial charge is 0.756 e. The van der Waals surface area contributed by atoms with Crippen molar-refractivity contribution in [2.24, 2.45) is 0 Å². The predicted octanol–water partition coefficient (Wildman–Crippen LogP) is 17.9. The van der Waals surface area contributed by atoms with Gasteiger partial charge in [0, 0.05) is 6.42 Å². The fraction of sp³-hybridized carbons (Fsp3) is 0.885. The molecule has 0 fully saturated rings. The van der Waals surface area contributed by atoms with Gasteiger partial charge in [0.1, 0.15) is 13.2 Å². The molecule has 70 heavy (non-hydrogen) atoms. The van der Waals surface area contributed by atoms with E-state index >= 15 is 0 Å². The first-order valence-corrected chi connectivity index (χ1v) is 31.8. The first kappa shape index (κ1) is 68.7. The second kappa shape index (κ2) is 52.6.